The molecular formula is C29H35N3O4S. The van der Waals surface area contributed by atoms with E-state index in [0.717, 1.165) is 48.7 Å². The summed E-state index contributed by atoms with van der Waals surface area (Å²) in [6.07, 6.45) is 6.30. The molecule has 0 radical (unpaired) electrons. The minimum absolute atomic E-state index is 0.0503. The third kappa shape index (κ3) is 4.59. The monoisotopic (exact) mass is 521 g/mol. The minimum atomic E-state index is -3.77. The number of carbonyl (C=O) groups is 1. The van der Waals surface area contributed by atoms with Gasteiger partial charge in [0.05, 0.1) is 4.90 Å². The topological polar surface area (TPSA) is 83.7 Å². The largest absolute Gasteiger partial charge is 0.443 e. The zero-order chi connectivity index (χ0) is 25.9. The standard InChI is InChI=1S/C29H35N3O4S/c1-19-4-7-23(8-5-19)37(34,35)32-17-21-15-24(21)27(32)28(33)31(22-10-12-29(2,3)13-11-22)16-20-6-9-26-25(14-20)30-18-36-26/h4-9,14,18,21-22,24,27H,10-13,15-17H2,1-3H3/t21-,24-,27-/m0/s1. The maximum absolute atomic E-state index is 14.4. The molecule has 1 amide bonds. The van der Waals surface area contributed by atoms with E-state index in [4.69, 9.17) is 4.42 Å². The van der Waals surface area contributed by atoms with Crippen molar-refractivity contribution >= 4 is 27.0 Å². The van der Waals surface area contributed by atoms with Crippen molar-refractivity contribution in [3.8, 4) is 0 Å². The average molecular weight is 522 g/mol. The summed E-state index contributed by atoms with van der Waals surface area (Å²) in [4.78, 5) is 20.9. The molecule has 8 heteroatoms. The molecule has 7 nitrogen and oxygen atoms in total. The smallest absolute Gasteiger partial charge is 0.243 e. The average Bonchev–Trinajstić information content (AvgIpc) is 3.29. The highest BCUT2D eigenvalue weighted by atomic mass is 32.2. The molecule has 0 N–H and O–H groups in total. The fourth-order valence-corrected chi connectivity index (χ4v) is 7.96. The summed E-state index contributed by atoms with van der Waals surface area (Å²) in [7, 11) is -3.77. The number of piperidine rings is 1. The van der Waals surface area contributed by atoms with E-state index in [1.54, 1.807) is 12.1 Å². The molecule has 37 heavy (non-hydrogen) atoms. The molecule has 1 aromatic heterocycles. The highest BCUT2D eigenvalue weighted by Crippen LogP contribution is 2.52. The number of amides is 1. The summed E-state index contributed by atoms with van der Waals surface area (Å²) in [6.45, 7) is 7.38. The summed E-state index contributed by atoms with van der Waals surface area (Å²) in [5.41, 5.74) is 3.74. The summed E-state index contributed by atoms with van der Waals surface area (Å²) >= 11 is 0. The van der Waals surface area contributed by atoms with Crippen molar-refractivity contribution in [1.29, 1.82) is 0 Å². The van der Waals surface area contributed by atoms with E-state index >= 15 is 0 Å². The molecule has 0 bridgehead atoms. The first-order chi connectivity index (χ1) is 17.6. The van der Waals surface area contributed by atoms with E-state index in [-0.39, 0.29) is 34.1 Å². The lowest BCUT2D eigenvalue weighted by atomic mass is 9.75. The fourth-order valence-electron chi connectivity index (χ4n) is 6.28. The molecule has 3 aromatic rings. The second kappa shape index (κ2) is 8.95. The van der Waals surface area contributed by atoms with Crippen LogP contribution >= 0.6 is 0 Å². The van der Waals surface area contributed by atoms with E-state index in [1.165, 1.54) is 10.7 Å². The number of carbonyl (C=O) groups excluding carboxylic acids is 1. The molecule has 2 heterocycles. The number of nitrogens with zero attached hydrogens (tertiary/aromatic N) is 3. The molecule has 0 spiro atoms. The molecule has 3 fully saturated rings. The molecule has 2 saturated carbocycles. The maximum Gasteiger partial charge on any atom is 0.243 e. The summed E-state index contributed by atoms with van der Waals surface area (Å²) < 4.78 is 34.3. The Morgan fingerprint density at radius 2 is 1.86 bits per heavy atom. The molecule has 3 aliphatic rings. The molecule has 3 atom stereocenters. The number of hydrogen-bond donors (Lipinski definition) is 0. The number of benzene rings is 2. The van der Waals surface area contributed by atoms with Gasteiger partial charge in [-0.3, -0.25) is 4.79 Å². The van der Waals surface area contributed by atoms with Crippen LogP contribution < -0.4 is 0 Å². The van der Waals surface area contributed by atoms with Crippen molar-refractivity contribution in [3.63, 3.8) is 0 Å². The van der Waals surface area contributed by atoms with Gasteiger partial charge in [0.1, 0.15) is 11.6 Å². The van der Waals surface area contributed by atoms with Crippen LogP contribution in [0.15, 0.2) is 58.2 Å². The van der Waals surface area contributed by atoms with Gasteiger partial charge in [0.2, 0.25) is 15.9 Å². The Balaban J connectivity index is 1.32. The van der Waals surface area contributed by atoms with Gasteiger partial charge in [-0.1, -0.05) is 37.6 Å². The van der Waals surface area contributed by atoms with Crippen LogP contribution in [0.4, 0.5) is 0 Å². The molecule has 1 aliphatic heterocycles. The van der Waals surface area contributed by atoms with Gasteiger partial charge in [-0.05, 0) is 86.1 Å². The van der Waals surface area contributed by atoms with E-state index in [2.05, 4.69) is 18.8 Å². The van der Waals surface area contributed by atoms with Crippen molar-refractivity contribution in [1.82, 2.24) is 14.2 Å². The number of rotatable bonds is 6. The van der Waals surface area contributed by atoms with E-state index < -0.39 is 16.1 Å². The molecule has 2 aliphatic carbocycles. The zero-order valence-electron chi connectivity index (χ0n) is 21.8. The van der Waals surface area contributed by atoms with Crippen molar-refractivity contribution in [3.05, 3.63) is 60.0 Å². The van der Waals surface area contributed by atoms with Crippen LogP contribution in [0.2, 0.25) is 0 Å². The first kappa shape index (κ1) is 24.6. The predicted octanol–water partition coefficient (Wildman–Crippen LogP) is 5.14. The highest BCUT2D eigenvalue weighted by Gasteiger charge is 2.60. The van der Waals surface area contributed by atoms with Crippen LogP contribution in [0.3, 0.4) is 0 Å². The van der Waals surface area contributed by atoms with Crippen LogP contribution in [0.5, 0.6) is 0 Å². The van der Waals surface area contributed by atoms with Crippen molar-refractivity contribution in [2.75, 3.05) is 6.54 Å². The van der Waals surface area contributed by atoms with Crippen LogP contribution in [0, 0.1) is 24.2 Å². The fraction of sp³-hybridized carbons (Fsp3) is 0.517. The van der Waals surface area contributed by atoms with Crippen LogP contribution in [-0.4, -0.2) is 47.1 Å². The Bertz CT molecular complexity index is 1420. The Kier molecular flexibility index (Phi) is 5.95. The summed E-state index contributed by atoms with van der Waals surface area (Å²) in [6, 6.07) is 12.3. The first-order valence-corrected chi connectivity index (χ1v) is 14.8. The summed E-state index contributed by atoms with van der Waals surface area (Å²) in [5, 5.41) is 0. The van der Waals surface area contributed by atoms with Crippen molar-refractivity contribution in [2.45, 2.75) is 76.4 Å². The molecule has 196 valence electrons. The van der Waals surface area contributed by atoms with E-state index in [1.807, 2.05) is 42.2 Å². The van der Waals surface area contributed by atoms with Gasteiger partial charge in [-0.25, -0.2) is 13.4 Å². The second-order valence-corrected chi connectivity index (χ2v) is 13.9. The lowest BCUT2D eigenvalue weighted by Crippen LogP contribution is -2.53. The number of sulfonamides is 1. The number of fused-ring (bicyclic) bond motifs is 2. The zero-order valence-corrected chi connectivity index (χ0v) is 22.6. The van der Waals surface area contributed by atoms with E-state index in [0.29, 0.717) is 18.7 Å². The van der Waals surface area contributed by atoms with Gasteiger partial charge in [-0.2, -0.15) is 4.31 Å². The Labute approximate surface area is 218 Å². The number of hydrogen-bond acceptors (Lipinski definition) is 5. The van der Waals surface area contributed by atoms with Gasteiger partial charge in [0.15, 0.2) is 12.0 Å². The van der Waals surface area contributed by atoms with Gasteiger partial charge in [0.25, 0.3) is 0 Å². The molecule has 1 saturated heterocycles. The number of aryl methyl sites for hydroxylation is 1. The summed E-state index contributed by atoms with van der Waals surface area (Å²) in [5.74, 6) is 0.326. The Morgan fingerprint density at radius 1 is 1.14 bits per heavy atom. The van der Waals surface area contributed by atoms with Gasteiger partial charge in [0, 0.05) is 19.1 Å². The SMILES string of the molecule is Cc1ccc(S(=O)(=O)N2C[C@@H]3C[C@@H]3[C@H]2C(=O)N(Cc2ccc3ocnc3c2)C2CCC(C)(C)CC2)cc1. The predicted molar refractivity (Wildman–Crippen MR) is 141 cm³/mol. The second-order valence-electron chi connectivity index (χ2n) is 12.0. The van der Waals surface area contributed by atoms with Gasteiger partial charge >= 0.3 is 0 Å². The highest BCUT2D eigenvalue weighted by molar-refractivity contribution is 7.89. The Hall–Kier alpha value is -2.71. The van der Waals surface area contributed by atoms with Crippen LogP contribution in [0.25, 0.3) is 11.1 Å². The number of oxazole rings is 1. The third-order valence-corrected chi connectivity index (χ3v) is 10.6. The van der Waals surface area contributed by atoms with Crippen molar-refractivity contribution < 1.29 is 17.6 Å². The minimum Gasteiger partial charge on any atom is -0.443 e. The third-order valence-electron chi connectivity index (χ3n) is 8.77. The van der Waals surface area contributed by atoms with Crippen LogP contribution in [-0.2, 0) is 21.4 Å². The van der Waals surface area contributed by atoms with E-state index in [9.17, 15) is 13.2 Å². The van der Waals surface area contributed by atoms with Crippen LogP contribution in [0.1, 0.15) is 57.1 Å². The first-order valence-electron chi connectivity index (χ1n) is 13.3. The van der Waals surface area contributed by atoms with Crippen molar-refractivity contribution in [2.24, 2.45) is 17.3 Å². The maximum atomic E-state index is 14.4. The lowest BCUT2D eigenvalue weighted by molar-refractivity contribution is -0.139. The van der Waals surface area contributed by atoms with Gasteiger partial charge < -0.3 is 9.32 Å². The molecular weight excluding hydrogens is 486 g/mol. The van der Waals surface area contributed by atoms with Gasteiger partial charge in [-0.15, -0.1) is 0 Å². The quantitative estimate of drug-likeness (QED) is 0.448. The Morgan fingerprint density at radius 3 is 2.59 bits per heavy atom. The molecule has 6 rings (SSSR count). The number of aromatic nitrogens is 1. The molecule has 2 aromatic carbocycles. The normalized spacial score (nSPS) is 25.8. The lowest BCUT2D eigenvalue weighted by Gasteiger charge is -2.42. The molecule has 0 unspecified atom stereocenters.